The van der Waals surface area contributed by atoms with Crippen LogP contribution in [0.3, 0.4) is 0 Å². The Kier molecular flexibility index (Phi) is 2.91. The van der Waals surface area contributed by atoms with E-state index in [2.05, 4.69) is 15.3 Å². The van der Waals surface area contributed by atoms with Gasteiger partial charge in [-0.15, -0.1) is 11.3 Å². The summed E-state index contributed by atoms with van der Waals surface area (Å²) in [4.78, 5) is 7.86. The van der Waals surface area contributed by atoms with Crippen molar-refractivity contribution < 1.29 is 4.39 Å². The minimum absolute atomic E-state index is 0.467. The van der Waals surface area contributed by atoms with Crippen molar-refractivity contribution in [1.82, 2.24) is 9.97 Å². The lowest BCUT2D eigenvalue weighted by atomic mass is 10.4. The third-order valence-electron chi connectivity index (χ3n) is 1.84. The lowest BCUT2D eigenvalue weighted by Crippen LogP contribution is -1.99. The molecule has 0 radical (unpaired) electrons. The van der Waals surface area contributed by atoms with Gasteiger partial charge in [0.05, 0.1) is 18.4 Å². The fourth-order valence-corrected chi connectivity index (χ4v) is 1.85. The minimum atomic E-state index is -0.467. The highest BCUT2D eigenvalue weighted by molar-refractivity contribution is 7.09. The Hall–Kier alpha value is -1.49. The second-order valence-electron chi connectivity index (χ2n) is 3.11. The van der Waals surface area contributed by atoms with Crippen LogP contribution in [0.25, 0.3) is 0 Å². The zero-order valence-electron chi connectivity index (χ0n) is 8.20. The number of aromatic nitrogens is 2. The van der Waals surface area contributed by atoms with E-state index in [-0.39, 0.29) is 0 Å². The summed E-state index contributed by atoms with van der Waals surface area (Å²) >= 11 is 1.60. The molecule has 0 aromatic carbocycles. The van der Waals surface area contributed by atoms with Crippen molar-refractivity contribution in [2.24, 2.45) is 0 Å². The van der Waals surface area contributed by atoms with Crippen molar-refractivity contribution in [1.29, 1.82) is 0 Å². The fourth-order valence-electron chi connectivity index (χ4n) is 1.14. The maximum Gasteiger partial charge on any atom is 0.212 e. The van der Waals surface area contributed by atoms with Crippen LogP contribution < -0.4 is 5.32 Å². The molecule has 0 fully saturated rings. The van der Waals surface area contributed by atoms with Crippen LogP contribution in [-0.2, 0) is 6.54 Å². The Balaban J connectivity index is 1.96. The van der Waals surface area contributed by atoms with E-state index in [0.717, 1.165) is 16.4 Å². The molecular weight excluding hydrogens is 213 g/mol. The fraction of sp³-hybridized carbons (Fsp3) is 0.200. The van der Waals surface area contributed by atoms with Gasteiger partial charge in [-0.1, -0.05) is 0 Å². The number of hydrogen-bond donors (Lipinski definition) is 1. The van der Waals surface area contributed by atoms with Crippen LogP contribution in [0.2, 0.25) is 0 Å². The Morgan fingerprint density at radius 1 is 1.47 bits per heavy atom. The van der Waals surface area contributed by atoms with Crippen LogP contribution >= 0.6 is 11.3 Å². The summed E-state index contributed by atoms with van der Waals surface area (Å²) in [6.45, 7) is 2.60. The van der Waals surface area contributed by atoms with Crippen LogP contribution in [0.5, 0.6) is 0 Å². The summed E-state index contributed by atoms with van der Waals surface area (Å²) in [5, 5.41) is 6.13. The molecule has 0 aliphatic carbocycles. The first-order valence-corrected chi connectivity index (χ1v) is 5.38. The second kappa shape index (κ2) is 4.35. The van der Waals surface area contributed by atoms with Crippen LogP contribution in [-0.4, -0.2) is 9.97 Å². The molecule has 0 saturated carbocycles. The van der Waals surface area contributed by atoms with Gasteiger partial charge in [-0.25, -0.2) is 9.97 Å². The standard InChI is InChI=1S/C10H10FN3S/c1-7-6-15-10(14-7)5-12-8-2-3-9(11)13-4-8/h2-4,6,12H,5H2,1H3. The lowest BCUT2D eigenvalue weighted by Gasteiger charge is -2.02. The summed E-state index contributed by atoms with van der Waals surface area (Å²) < 4.78 is 12.5. The third-order valence-corrected chi connectivity index (χ3v) is 2.80. The first-order chi connectivity index (χ1) is 7.24. The number of aryl methyl sites for hydroxylation is 1. The molecule has 78 valence electrons. The van der Waals surface area contributed by atoms with Crippen molar-refractivity contribution in [2.75, 3.05) is 5.32 Å². The predicted octanol–water partition coefficient (Wildman–Crippen LogP) is 2.60. The molecule has 2 rings (SSSR count). The van der Waals surface area contributed by atoms with E-state index in [0.29, 0.717) is 6.54 Å². The van der Waals surface area contributed by atoms with Crippen molar-refractivity contribution >= 4 is 17.0 Å². The summed E-state index contributed by atoms with van der Waals surface area (Å²) in [6, 6.07) is 2.98. The average Bonchev–Trinajstić information content (AvgIpc) is 2.64. The number of nitrogens with zero attached hydrogens (tertiary/aromatic N) is 2. The minimum Gasteiger partial charge on any atom is -0.377 e. The molecule has 2 aromatic rings. The molecule has 3 nitrogen and oxygen atoms in total. The van der Waals surface area contributed by atoms with Gasteiger partial charge >= 0.3 is 0 Å². The van der Waals surface area contributed by atoms with E-state index in [1.807, 2.05) is 12.3 Å². The van der Waals surface area contributed by atoms with Gasteiger partial charge in [0.2, 0.25) is 5.95 Å². The van der Waals surface area contributed by atoms with Crippen LogP contribution in [0.15, 0.2) is 23.7 Å². The molecule has 0 atom stereocenters. The highest BCUT2D eigenvalue weighted by Crippen LogP contribution is 2.11. The van der Waals surface area contributed by atoms with Gasteiger partial charge in [0.15, 0.2) is 0 Å². The lowest BCUT2D eigenvalue weighted by molar-refractivity contribution is 0.584. The van der Waals surface area contributed by atoms with Gasteiger partial charge in [-0.3, -0.25) is 0 Å². The largest absolute Gasteiger partial charge is 0.377 e. The summed E-state index contributed by atoms with van der Waals surface area (Å²) in [6.07, 6.45) is 1.47. The van der Waals surface area contributed by atoms with E-state index in [1.54, 1.807) is 17.4 Å². The Bertz CT molecular complexity index is 438. The molecule has 0 unspecified atom stereocenters. The molecular formula is C10H10FN3S. The zero-order chi connectivity index (χ0) is 10.7. The van der Waals surface area contributed by atoms with Crippen LogP contribution in [0, 0.1) is 12.9 Å². The Morgan fingerprint density at radius 2 is 2.33 bits per heavy atom. The van der Waals surface area contributed by atoms with Crippen LogP contribution in [0.1, 0.15) is 10.7 Å². The Labute approximate surface area is 91.0 Å². The molecule has 0 saturated heterocycles. The number of nitrogens with one attached hydrogen (secondary N) is 1. The third kappa shape index (κ3) is 2.73. The molecule has 0 aliphatic heterocycles. The molecule has 2 aromatic heterocycles. The van der Waals surface area contributed by atoms with Gasteiger partial charge in [-0.2, -0.15) is 4.39 Å². The molecule has 0 amide bonds. The molecule has 1 N–H and O–H groups in total. The van der Waals surface area contributed by atoms with Gasteiger partial charge < -0.3 is 5.32 Å². The van der Waals surface area contributed by atoms with E-state index < -0.39 is 5.95 Å². The highest BCUT2D eigenvalue weighted by Gasteiger charge is 1.99. The Morgan fingerprint density at radius 3 is 2.93 bits per heavy atom. The van der Waals surface area contributed by atoms with E-state index in [4.69, 9.17) is 0 Å². The average molecular weight is 223 g/mol. The normalized spacial score (nSPS) is 10.3. The van der Waals surface area contributed by atoms with E-state index in [9.17, 15) is 4.39 Å². The van der Waals surface area contributed by atoms with Gasteiger partial charge in [-0.05, 0) is 19.1 Å². The molecule has 5 heteroatoms. The number of anilines is 1. The van der Waals surface area contributed by atoms with Gasteiger partial charge in [0.25, 0.3) is 0 Å². The number of hydrogen-bond acceptors (Lipinski definition) is 4. The summed E-state index contributed by atoms with van der Waals surface area (Å²) in [5.74, 6) is -0.467. The zero-order valence-corrected chi connectivity index (χ0v) is 9.01. The van der Waals surface area contributed by atoms with Gasteiger partial charge in [0.1, 0.15) is 5.01 Å². The first kappa shape index (κ1) is 10.0. The van der Waals surface area contributed by atoms with E-state index >= 15 is 0 Å². The second-order valence-corrected chi connectivity index (χ2v) is 4.05. The van der Waals surface area contributed by atoms with E-state index in [1.165, 1.54) is 12.3 Å². The van der Waals surface area contributed by atoms with Crippen molar-refractivity contribution in [3.05, 3.63) is 40.4 Å². The van der Waals surface area contributed by atoms with Crippen molar-refractivity contribution in [2.45, 2.75) is 13.5 Å². The summed E-state index contributed by atoms with van der Waals surface area (Å²) in [5.41, 5.74) is 1.82. The highest BCUT2D eigenvalue weighted by atomic mass is 32.1. The van der Waals surface area contributed by atoms with Crippen molar-refractivity contribution in [3.8, 4) is 0 Å². The molecule has 0 aliphatic rings. The number of pyridine rings is 1. The number of rotatable bonds is 3. The van der Waals surface area contributed by atoms with Crippen LogP contribution in [0.4, 0.5) is 10.1 Å². The molecule has 0 spiro atoms. The number of halogens is 1. The monoisotopic (exact) mass is 223 g/mol. The quantitative estimate of drug-likeness (QED) is 0.813. The van der Waals surface area contributed by atoms with Gasteiger partial charge in [0, 0.05) is 11.1 Å². The molecule has 0 bridgehead atoms. The topological polar surface area (TPSA) is 37.8 Å². The maximum atomic E-state index is 12.5. The number of thiazole rings is 1. The molecule has 15 heavy (non-hydrogen) atoms. The maximum absolute atomic E-state index is 12.5. The smallest absolute Gasteiger partial charge is 0.212 e. The van der Waals surface area contributed by atoms with Crippen molar-refractivity contribution in [3.63, 3.8) is 0 Å². The molecule has 2 heterocycles. The first-order valence-electron chi connectivity index (χ1n) is 4.50. The SMILES string of the molecule is Cc1csc(CNc2ccc(F)nc2)n1. The predicted molar refractivity (Wildman–Crippen MR) is 58.4 cm³/mol. The summed E-state index contributed by atoms with van der Waals surface area (Å²) in [7, 11) is 0.